The van der Waals surface area contributed by atoms with Crippen LogP contribution in [0.2, 0.25) is 5.02 Å². The molecule has 0 bridgehead atoms. The minimum absolute atomic E-state index is 0.00285. The molecule has 1 amide bonds. The number of esters is 1. The number of methoxy groups -OCH3 is 1. The van der Waals surface area contributed by atoms with Crippen molar-refractivity contribution in [3.63, 3.8) is 0 Å². The third-order valence-electron chi connectivity index (χ3n) is 3.24. The van der Waals surface area contributed by atoms with E-state index < -0.39 is 18.1 Å². The summed E-state index contributed by atoms with van der Waals surface area (Å²) in [5.74, 6) is -0.384. The molecule has 0 aromatic heterocycles. The summed E-state index contributed by atoms with van der Waals surface area (Å²) >= 11 is 6.18. The molecule has 0 spiro atoms. The molecule has 128 valence electrons. The van der Waals surface area contributed by atoms with Crippen molar-refractivity contribution < 1.29 is 19.1 Å². The molecule has 0 radical (unpaired) electrons. The number of carbonyl (C=O) groups excluding carboxylic acids is 2. The van der Waals surface area contributed by atoms with Crippen LogP contribution < -0.4 is 5.32 Å². The molecule has 0 saturated heterocycles. The number of halogens is 1. The van der Waals surface area contributed by atoms with Crippen LogP contribution in [0.4, 0.5) is 0 Å². The maximum atomic E-state index is 12.3. The van der Waals surface area contributed by atoms with Crippen molar-refractivity contribution in [2.45, 2.75) is 39.3 Å². The van der Waals surface area contributed by atoms with Crippen molar-refractivity contribution in [1.82, 2.24) is 5.32 Å². The van der Waals surface area contributed by atoms with Gasteiger partial charge in [-0.15, -0.1) is 0 Å². The SMILES string of the molecule is COC(=O)C[C@H](NC(=O)[C@@H](C)OCC(C)C)c1ccccc1Cl. The van der Waals surface area contributed by atoms with Gasteiger partial charge in [-0.25, -0.2) is 0 Å². The zero-order valence-electron chi connectivity index (χ0n) is 14.0. The van der Waals surface area contributed by atoms with E-state index in [0.717, 1.165) is 0 Å². The molecule has 1 aromatic rings. The van der Waals surface area contributed by atoms with Crippen LogP contribution in [-0.4, -0.2) is 31.7 Å². The van der Waals surface area contributed by atoms with E-state index in [4.69, 9.17) is 21.1 Å². The van der Waals surface area contributed by atoms with Crippen molar-refractivity contribution in [3.8, 4) is 0 Å². The Bertz CT molecular complexity index is 533. The number of nitrogens with one attached hydrogen (secondary N) is 1. The Morgan fingerprint density at radius 3 is 2.43 bits per heavy atom. The normalized spacial score (nSPS) is 13.5. The average molecular weight is 342 g/mol. The third-order valence-corrected chi connectivity index (χ3v) is 3.59. The van der Waals surface area contributed by atoms with Gasteiger partial charge in [-0.05, 0) is 24.5 Å². The van der Waals surface area contributed by atoms with Gasteiger partial charge >= 0.3 is 5.97 Å². The van der Waals surface area contributed by atoms with Crippen LogP contribution >= 0.6 is 11.6 Å². The number of carbonyl (C=O) groups is 2. The van der Waals surface area contributed by atoms with Gasteiger partial charge in [0.15, 0.2) is 0 Å². The minimum atomic E-state index is -0.611. The van der Waals surface area contributed by atoms with Crippen LogP contribution in [0.1, 0.15) is 38.8 Å². The van der Waals surface area contributed by atoms with Gasteiger partial charge in [0.1, 0.15) is 6.10 Å². The second kappa shape index (κ2) is 9.53. The fourth-order valence-corrected chi connectivity index (χ4v) is 2.22. The number of hydrogen-bond donors (Lipinski definition) is 1. The van der Waals surface area contributed by atoms with Crippen LogP contribution in [0.15, 0.2) is 24.3 Å². The van der Waals surface area contributed by atoms with Gasteiger partial charge in [0, 0.05) is 11.6 Å². The highest BCUT2D eigenvalue weighted by atomic mass is 35.5. The van der Waals surface area contributed by atoms with E-state index in [0.29, 0.717) is 23.1 Å². The highest BCUT2D eigenvalue weighted by molar-refractivity contribution is 6.31. The largest absolute Gasteiger partial charge is 0.469 e. The summed E-state index contributed by atoms with van der Waals surface area (Å²) in [6, 6.07) is 6.52. The monoisotopic (exact) mass is 341 g/mol. The van der Waals surface area contributed by atoms with Gasteiger partial charge in [-0.2, -0.15) is 0 Å². The molecule has 6 heteroatoms. The first-order chi connectivity index (χ1) is 10.8. The topological polar surface area (TPSA) is 64.6 Å². The molecular weight excluding hydrogens is 318 g/mol. The van der Waals surface area contributed by atoms with Crippen molar-refractivity contribution >= 4 is 23.5 Å². The molecule has 0 unspecified atom stereocenters. The lowest BCUT2D eigenvalue weighted by Crippen LogP contribution is -2.38. The smallest absolute Gasteiger partial charge is 0.307 e. The molecule has 0 heterocycles. The quantitative estimate of drug-likeness (QED) is 0.738. The van der Waals surface area contributed by atoms with Crippen molar-refractivity contribution in [2.75, 3.05) is 13.7 Å². The van der Waals surface area contributed by atoms with Gasteiger partial charge in [-0.1, -0.05) is 43.6 Å². The third kappa shape index (κ3) is 6.59. The number of rotatable bonds is 8. The van der Waals surface area contributed by atoms with E-state index in [1.807, 2.05) is 13.8 Å². The fraction of sp³-hybridized carbons (Fsp3) is 0.529. The molecule has 23 heavy (non-hydrogen) atoms. The lowest BCUT2D eigenvalue weighted by atomic mass is 10.0. The van der Waals surface area contributed by atoms with Crippen LogP contribution in [-0.2, 0) is 19.1 Å². The maximum absolute atomic E-state index is 12.3. The van der Waals surface area contributed by atoms with Crippen molar-refractivity contribution in [2.24, 2.45) is 5.92 Å². The van der Waals surface area contributed by atoms with Crippen LogP contribution in [0, 0.1) is 5.92 Å². The van der Waals surface area contributed by atoms with E-state index >= 15 is 0 Å². The number of ether oxygens (including phenoxy) is 2. The van der Waals surface area contributed by atoms with Gasteiger partial charge in [0.05, 0.1) is 19.6 Å². The molecule has 1 aromatic carbocycles. The Kier molecular flexibility index (Phi) is 8.06. The highest BCUT2D eigenvalue weighted by Crippen LogP contribution is 2.25. The van der Waals surface area contributed by atoms with E-state index in [2.05, 4.69) is 5.32 Å². The average Bonchev–Trinajstić information content (AvgIpc) is 2.52. The first-order valence-electron chi connectivity index (χ1n) is 7.58. The lowest BCUT2D eigenvalue weighted by Gasteiger charge is -2.22. The van der Waals surface area contributed by atoms with E-state index in [9.17, 15) is 9.59 Å². The second-order valence-electron chi connectivity index (χ2n) is 5.73. The molecular formula is C17H24ClNO4. The van der Waals surface area contributed by atoms with Crippen molar-refractivity contribution in [1.29, 1.82) is 0 Å². The molecule has 0 saturated carbocycles. The Morgan fingerprint density at radius 2 is 1.87 bits per heavy atom. The molecule has 0 fully saturated rings. The van der Waals surface area contributed by atoms with Crippen LogP contribution in [0.3, 0.4) is 0 Å². The predicted octanol–water partition coefficient (Wildman–Crippen LogP) is 3.12. The molecule has 0 aliphatic heterocycles. The van der Waals surface area contributed by atoms with E-state index in [1.165, 1.54) is 7.11 Å². The first-order valence-corrected chi connectivity index (χ1v) is 7.96. The summed E-state index contributed by atoms with van der Waals surface area (Å²) < 4.78 is 10.2. The molecule has 0 aliphatic rings. The zero-order valence-corrected chi connectivity index (χ0v) is 14.7. The van der Waals surface area contributed by atoms with Crippen molar-refractivity contribution in [3.05, 3.63) is 34.9 Å². The number of amides is 1. The summed E-state index contributed by atoms with van der Waals surface area (Å²) in [6.45, 7) is 6.19. The standard InChI is InChI=1S/C17H24ClNO4/c1-11(2)10-23-12(3)17(21)19-15(9-16(20)22-4)13-7-5-6-8-14(13)18/h5-8,11-12,15H,9-10H2,1-4H3,(H,19,21)/t12-,15+/m1/s1. The molecule has 0 aliphatic carbocycles. The summed E-state index contributed by atoms with van der Waals surface area (Å²) in [5.41, 5.74) is 0.670. The van der Waals surface area contributed by atoms with E-state index in [-0.39, 0.29) is 12.3 Å². The van der Waals surface area contributed by atoms with Gasteiger partial charge in [-0.3, -0.25) is 9.59 Å². The fourth-order valence-electron chi connectivity index (χ4n) is 1.95. The Balaban J connectivity index is 2.83. The van der Waals surface area contributed by atoms with Crippen LogP contribution in [0.5, 0.6) is 0 Å². The molecule has 2 atom stereocenters. The van der Waals surface area contributed by atoms with Gasteiger partial charge in [0.25, 0.3) is 0 Å². The summed E-state index contributed by atoms with van der Waals surface area (Å²) in [4.78, 5) is 23.9. The summed E-state index contributed by atoms with van der Waals surface area (Å²) in [6.07, 6.45) is -0.608. The number of hydrogen-bond acceptors (Lipinski definition) is 4. The Morgan fingerprint density at radius 1 is 1.22 bits per heavy atom. The highest BCUT2D eigenvalue weighted by Gasteiger charge is 2.23. The Labute approximate surface area is 142 Å². The van der Waals surface area contributed by atoms with E-state index in [1.54, 1.807) is 31.2 Å². The molecule has 5 nitrogen and oxygen atoms in total. The number of benzene rings is 1. The Hall–Kier alpha value is -1.59. The van der Waals surface area contributed by atoms with Gasteiger partial charge in [0.2, 0.25) is 5.91 Å². The maximum Gasteiger partial charge on any atom is 0.307 e. The first kappa shape index (κ1) is 19.5. The minimum Gasteiger partial charge on any atom is -0.469 e. The summed E-state index contributed by atoms with van der Waals surface area (Å²) in [7, 11) is 1.31. The zero-order chi connectivity index (χ0) is 17.4. The second-order valence-corrected chi connectivity index (χ2v) is 6.14. The molecule has 1 N–H and O–H groups in total. The lowest BCUT2D eigenvalue weighted by molar-refractivity contribution is -0.141. The van der Waals surface area contributed by atoms with Crippen LogP contribution in [0.25, 0.3) is 0 Å². The summed E-state index contributed by atoms with van der Waals surface area (Å²) in [5, 5.41) is 3.30. The van der Waals surface area contributed by atoms with Gasteiger partial charge < -0.3 is 14.8 Å². The molecule has 1 rings (SSSR count). The predicted molar refractivity (Wildman–Crippen MR) is 89.2 cm³/mol.